The molecule has 4 rings (SSSR count). The number of rotatable bonds is 4. The molecule has 21 heavy (non-hydrogen) atoms. The van der Waals surface area contributed by atoms with Gasteiger partial charge in [-0.1, -0.05) is 6.07 Å². The average Bonchev–Trinajstić information content (AvgIpc) is 3.01. The highest BCUT2D eigenvalue weighted by molar-refractivity contribution is 5.44. The van der Waals surface area contributed by atoms with Crippen LogP contribution < -0.4 is 14.8 Å². The van der Waals surface area contributed by atoms with E-state index in [1.54, 1.807) is 0 Å². The van der Waals surface area contributed by atoms with E-state index in [1.165, 1.54) is 31.2 Å². The molecule has 2 bridgehead atoms. The van der Waals surface area contributed by atoms with Gasteiger partial charge in [-0.15, -0.1) is 0 Å². The van der Waals surface area contributed by atoms with Gasteiger partial charge in [-0.3, -0.25) is 0 Å². The minimum absolute atomic E-state index is 0.352. The van der Waals surface area contributed by atoms with Gasteiger partial charge in [-0.25, -0.2) is 0 Å². The molecule has 4 nitrogen and oxygen atoms in total. The molecule has 0 amide bonds. The highest BCUT2D eigenvalue weighted by Crippen LogP contribution is 2.37. The summed E-state index contributed by atoms with van der Waals surface area (Å²) in [5, 5.41) is 3.63. The monoisotopic (exact) mass is 288 g/mol. The number of fused-ring (bicyclic) bond motifs is 3. The SMILES string of the molecule is CN1C2CCC1CC(CNCc1ccc3c(c1)OCO3)C2. The van der Waals surface area contributed by atoms with E-state index in [-0.39, 0.29) is 0 Å². The van der Waals surface area contributed by atoms with Crippen LogP contribution in [0.3, 0.4) is 0 Å². The Morgan fingerprint density at radius 1 is 1.14 bits per heavy atom. The van der Waals surface area contributed by atoms with E-state index in [1.807, 2.05) is 6.07 Å². The molecule has 114 valence electrons. The molecule has 3 heterocycles. The highest BCUT2D eigenvalue weighted by Gasteiger charge is 2.37. The molecule has 1 aromatic carbocycles. The second-order valence-corrected chi connectivity index (χ2v) is 6.71. The summed E-state index contributed by atoms with van der Waals surface area (Å²) in [6.07, 6.45) is 5.53. The van der Waals surface area contributed by atoms with Gasteiger partial charge in [0, 0.05) is 18.6 Å². The lowest BCUT2D eigenvalue weighted by atomic mass is 9.91. The van der Waals surface area contributed by atoms with Crippen LogP contribution in [0.25, 0.3) is 0 Å². The minimum atomic E-state index is 0.352. The Balaban J connectivity index is 1.28. The first-order valence-electron chi connectivity index (χ1n) is 8.11. The van der Waals surface area contributed by atoms with Crippen molar-refractivity contribution in [3.8, 4) is 11.5 Å². The Morgan fingerprint density at radius 3 is 2.71 bits per heavy atom. The maximum absolute atomic E-state index is 5.43. The van der Waals surface area contributed by atoms with Crippen molar-refractivity contribution in [1.29, 1.82) is 0 Å². The average molecular weight is 288 g/mol. The third-order valence-electron chi connectivity index (χ3n) is 5.39. The van der Waals surface area contributed by atoms with E-state index in [0.29, 0.717) is 6.79 Å². The van der Waals surface area contributed by atoms with Crippen LogP contribution in [0.2, 0.25) is 0 Å². The molecule has 3 aliphatic heterocycles. The molecule has 0 saturated carbocycles. The summed E-state index contributed by atoms with van der Waals surface area (Å²) in [6, 6.07) is 7.89. The van der Waals surface area contributed by atoms with Crippen LogP contribution in [0.4, 0.5) is 0 Å². The van der Waals surface area contributed by atoms with Gasteiger partial charge in [-0.05, 0) is 62.9 Å². The van der Waals surface area contributed by atoms with Crippen LogP contribution in [0, 0.1) is 5.92 Å². The fourth-order valence-electron chi connectivity index (χ4n) is 4.16. The fourth-order valence-corrected chi connectivity index (χ4v) is 4.16. The predicted molar refractivity (Wildman–Crippen MR) is 81.6 cm³/mol. The van der Waals surface area contributed by atoms with Crippen LogP contribution in [0.15, 0.2) is 18.2 Å². The molecule has 0 aromatic heterocycles. The van der Waals surface area contributed by atoms with Crippen molar-refractivity contribution in [2.24, 2.45) is 5.92 Å². The lowest BCUT2D eigenvalue weighted by Gasteiger charge is -2.36. The molecule has 2 unspecified atom stereocenters. The molecule has 2 fully saturated rings. The van der Waals surface area contributed by atoms with Crippen molar-refractivity contribution in [1.82, 2.24) is 10.2 Å². The van der Waals surface area contributed by atoms with E-state index >= 15 is 0 Å². The summed E-state index contributed by atoms with van der Waals surface area (Å²) in [7, 11) is 2.30. The van der Waals surface area contributed by atoms with Crippen LogP contribution in [0.1, 0.15) is 31.2 Å². The number of benzene rings is 1. The summed E-state index contributed by atoms with van der Waals surface area (Å²) in [4.78, 5) is 2.61. The number of nitrogens with zero attached hydrogens (tertiary/aromatic N) is 1. The van der Waals surface area contributed by atoms with Gasteiger partial charge < -0.3 is 19.7 Å². The topological polar surface area (TPSA) is 33.7 Å². The summed E-state index contributed by atoms with van der Waals surface area (Å²) in [6.45, 7) is 2.40. The largest absolute Gasteiger partial charge is 0.454 e. The molecule has 0 aliphatic carbocycles. The number of piperidine rings is 1. The summed E-state index contributed by atoms with van der Waals surface area (Å²) in [5.74, 6) is 2.59. The van der Waals surface area contributed by atoms with Crippen molar-refractivity contribution in [3.63, 3.8) is 0 Å². The lowest BCUT2D eigenvalue weighted by Crippen LogP contribution is -2.42. The maximum Gasteiger partial charge on any atom is 0.231 e. The van der Waals surface area contributed by atoms with E-state index in [0.717, 1.165) is 42.6 Å². The molecule has 1 aromatic rings. The zero-order valence-corrected chi connectivity index (χ0v) is 12.7. The van der Waals surface area contributed by atoms with Crippen LogP contribution >= 0.6 is 0 Å². The number of nitrogens with one attached hydrogen (secondary N) is 1. The van der Waals surface area contributed by atoms with Crippen LogP contribution in [-0.2, 0) is 6.54 Å². The van der Waals surface area contributed by atoms with Crippen molar-refractivity contribution >= 4 is 0 Å². The third-order valence-corrected chi connectivity index (χ3v) is 5.39. The van der Waals surface area contributed by atoms with E-state index in [4.69, 9.17) is 9.47 Å². The second kappa shape index (κ2) is 5.50. The molecular formula is C17H24N2O2. The zero-order chi connectivity index (χ0) is 14.2. The zero-order valence-electron chi connectivity index (χ0n) is 12.7. The van der Waals surface area contributed by atoms with Gasteiger partial charge >= 0.3 is 0 Å². The molecule has 2 saturated heterocycles. The molecule has 2 atom stereocenters. The van der Waals surface area contributed by atoms with Gasteiger partial charge in [0.05, 0.1) is 0 Å². The van der Waals surface area contributed by atoms with Gasteiger partial charge in [0.1, 0.15) is 0 Å². The Morgan fingerprint density at radius 2 is 1.90 bits per heavy atom. The molecule has 0 spiro atoms. The third kappa shape index (κ3) is 2.62. The Bertz CT molecular complexity index is 506. The van der Waals surface area contributed by atoms with Gasteiger partial charge in [0.15, 0.2) is 11.5 Å². The Kier molecular flexibility index (Phi) is 3.51. The first kappa shape index (κ1) is 13.4. The maximum atomic E-state index is 5.43. The molecular weight excluding hydrogens is 264 g/mol. The highest BCUT2D eigenvalue weighted by atomic mass is 16.7. The normalized spacial score (nSPS) is 30.8. The Labute approximate surface area is 126 Å². The lowest BCUT2D eigenvalue weighted by molar-refractivity contribution is 0.133. The van der Waals surface area contributed by atoms with E-state index in [9.17, 15) is 0 Å². The number of hydrogen-bond donors (Lipinski definition) is 1. The Hall–Kier alpha value is -1.26. The minimum Gasteiger partial charge on any atom is -0.454 e. The summed E-state index contributed by atoms with van der Waals surface area (Å²) in [5.41, 5.74) is 1.27. The molecule has 0 radical (unpaired) electrons. The van der Waals surface area contributed by atoms with E-state index in [2.05, 4.69) is 29.4 Å². The molecule has 3 aliphatic rings. The number of ether oxygens (including phenoxy) is 2. The van der Waals surface area contributed by atoms with Crippen molar-refractivity contribution in [2.45, 2.75) is 44.3 Å². The molecule has 4 heteroatoms. The molecule has 1 N–H and O–H groups in total. The van der Waals surface area contributed by atoms with Crippen LogP contribution in [0.5, 0.6) is 11.5 Å². The van der Waals surface area contributed by atoms with Gasteiger partial charge in [0.25, 0.3) is 0 Å². The smallest absolute Gasteiger partial charge is 0.231 e. The van der Waals surface area contributed by atoms with Crippen molar-refractivity contribution < 1.29 is 9.47 Å². The quantitative estimate of drug-likeness (QED) is 0.922. The first-order valence-corrected chi connectivity index (χ1v) is 8.11. The van der Waals surface area contributed by atoms with Crippen molar-refractivity contribution in [3.05, 3.63) is 23.8 Å². The summed E-state index contributed by atoms with van der Waals surface area (Å²) < 4.78 is 10.8. The van der Waals surface area contributed by atoms with E-state index < -0.39 is 0 Å². The van der Waals surface area contributed by atoms with Crippen molar-refractivity contribution in [2.75, 3.05) is 20.4 Å². The summed E-state index contributed by atoms with van der Waals surface area (Å²) >= 11 is 0. The van der Waals surface area contributed by atoms with Crippen LogP contribution in [-0.4, -0.2) is 37.4 Å². The second-order valence-electron chi connectivity index (χ2n) is 6.71. The first-order chi connectivity index (χ1) is 10.3. The predicted octanol–water partition coefficient (Wildman–Crippen LogP) is 2.38. The van der Waals surface area contributed by atoms with Gasteiger partial charge in [0.2, 0.25) is 6.79 Å². The standard InChI is InChI=1S/C17H24N2O2/c1-19-14-3-4-15(19)7-13(6-14)10-18-9-12-2-5-16-17(8-12)21-11-20-16/h2,5,8,13-15,18H,3-4,6-7,9-11H2,1H3. The number of hydrogen-bond acceptors (Lipinski definition) is 4. The van der Waals surface area contributed by atoms with Gasteiger partial charge in [-0.2, -0.15) is 0 Å². The fraction of sp³-hybridized carbons (Fsp3) is 0.647.